The van der Waals surface area contributed by atoms with E-state index in [-0.39, 0.29) is 0 Å². The van der Waals surface area contributed by atoms with Crippen LogP contribution in [-0.4, -0.2) is 35.4 Å². The Morgan fingerprint density at radius 1 is 0.848 bits per heavy atom. The third-order valence-electron chi connectivity index (χ3n) is 5.88. The first-order valence-electron chi connectivity index (χ1n) is 11.2. The van der Waals surface area contributed by atoms with Gasteiger partial charge in [-0.2, -0.15) is 0 Å². The largest absolute Gasteiger partial charge is 0.497 e. The van der Waals surface area contributed by atoms with E-state index in [1.165, 1.54) is 0 Å². The average molecular weight is 442 g/mol. The van der Waals surface area contributed by atoms with Crippen LogP contribution in [0.25, 0.3) is 33.1 Å². The van der Waals surface area contributed by atoms with Crippen molar-refractivity contribution in [3.63, 3.8) is 0 Å². The van der Waals surface area contributed by atoms with Crippen molar-refractivity contribution in [1.29, 1.82) is 0 Å². The minimum atomic E-state index is 0.630. The lowest BCUT2D eigenvalue weighted by molar-refractivity contribution is 0.288. The highest BCUT2D eigenvalue weighted by Crippen LogP contribution is 2.33. The molecule has 6 nitrogen and oxygen atoms in total. The van der Waals surface area contributed by atoms with E-state index >= 15 is 0 Å². The summed E-state index contributed by atoms with van der Waals surface area (Å²) in [5.41, 5.74) is 5.62. The number of para-hydroxylation sites is 2. The number of methoxy groups -OCH3 is 2. The Kier molecular flexibility index (Phi) is 5.73. The third kappa shape index (κ3) is 3.93. The molecular formula is C27H27N3O3. The Hall–Kier alpha value is -3.80. The van der Waals surface area contributed by atoms with Crippen LogP contribution < -0.4 is 14.2 Å². The van der Waals surface area contributed by atoms with Gasteiger partial charge in [-0.3, -0.25) is 0 Å². The van der Waals surface area contributed by atoms with Crippen LogP contribution in [0.4, 0.5) is 0 Å². The minimum absolute atomic E-state index is 0.630. The molecule has 0 aliphatic heterocycles. The molecule has 0 radical (unpaired) electrons. The van der Waals surface area contributed by atoms with Crippen molar-refractivity contribution >= 4 is 33.1 Å². The maximum absolute atomic E-state index is 5.90. The quantitative estimate of drug-likeness (QED) is 0.277. The fourth-order valence-electron chi connectivity index (χ4n) is 4.14. The molecular weight excluding hydrogens is 414 g/mol. The lowest BCUT2D eigenvalue weighted by atomic mass is 10.2. The number of benzene rings is 3. The monoisotopic (exact) mass is 441 g/mol. The van der Waals surface area contributed by atoms with E-state index in [4.69, 9.17) is 24.2 Å². The summed E-state index contributed by atoms with van der Waals surface area (Å²) < 4.78 is 19.2. The molecule has 0 aliphatic carbocycles. The molecule has 0 amide bonds. The van der Waals surface area contributed by atoms with Crippen molar-refractivity contribution in [2.45, 2.75) is 26.3 Å². The predicted octanol–water partition coefficient (Wildman–Crippen LogP) is 5.98. The average Bonchev–Trinajstić information content (AvgIpc) is 3.15. The molecule has 5 aromatic rings. The van der Waals surface area contributed by atoms with E-state index in [9.17, 15) is 0 Å². The van der Waals surface area contributed by atoms with E-state index in [1.807, 2.05) is 48.5 Å². The van der Waals surface area contributed by atoms with Gasteiger partial charge in [-0.25, -0.2) is 9.97 Å². The Bertz CT molecular complexity index is 1440. The standard InChI is InChI=1S/C27H27N3O3/c1-4-5-14-33-24-13-10-18(15-25(24)32-3)17-30-23-12-11-19(31-2)16-20(23)26-27(30)29-22-9-7-6-8-21(22)28-26/h6-13,15-16H,4-5,14,17H2,1-3H3. The Morgan fingerprint density at radius 2 is 1.67 bits per heavy atom. The van der Waals surface area contributed by atoms with Crippen LogP contribution in [0.5, 0.6) is 17.2 Å². The zero-order chi connectivity index (χ0) is 22.8. The van der Waals surface area contributed by atoms with E-state index in [1.54, 1.807) is 14.2 Å². The number of nitrogens with zero attached hydrogens (tertiary/aromatic N) is 3. The molecule has 5 rings (SSSR count). The predicted molar refractivity (Wildman–Crippen MR) is 132 cm³/mol. The number of aromatic nitrogens is 3. The summed E-state index contributed by atoms with van der Waals surface area (Å²) in [6, 6.07) is 20.1. The van der Waals surface area contributed by atoms with Crippen molar-refractivity contribution in [2.24, 2.45) is 0 Å². The van der Waals surface area contributed by atoms with Gasteiger partial charge >= 0.3 is 0 Å². The number of rotatable bonds is 8. The van der Waals surface area contributed by atoms with Crippen LogP contribution in [-0.2, 0) is 6.54 Å². The second-order valence-electron chi connectivity index (χ2n) is 8.04. The van der Waals surface area contributed by atoms with Crippen LogP contribution >= 0.6 is 0 Å². The second-order valence-corrected chi connectivity index (χ2v) is 8.04. The van der Waals surface area contributed by atoms with Crippen LogP contribution in [0.15, 0.2) is 60.7 Å². The third-order valence-corrected chi connectivity index (χ3v) is 5.88. The lowest BCUT2D eigenvalue weighted by Gasteiger charge is -2.13. The van der Waals surface area contributed by atoms with Gasteiger partial charge in [0.05, 0.1) is 37.4 Å². The molecule has 0 atom stereocenters. The van der Waals surface area contributed by atoms with E-state index in [0.717, 1.165) is 68.8 Å². The molecule has 0 unspecified atom stereocenters. The summed E-state index contributed by atoms with van der Waals surface area (Å²) in [5.74, 6) is 2.31. The molecule has 2 heterocycles. The molecule has 2 aromatic heterocycles. The van der Waals surface area contributed by atoms with Gasteiger partial charge in [-0.15, -0.1) is 0 Å². The SMILES string of the molecule is CCCCOc1ccc(Cn2c3ccc(OC)cc3c3nc4ccccc4nc32)cc1OC. The lowest BCUT2D eigenvalue weighted by Crippen LogP contribution is -2.03. The van der Waals surface area contributed by atoms with Crippen LogP contribution in [0.2, 0.25) is 0 Å². The van der Waals surface area contributed by atoms with Crippen LogP contribution in [0, 0.1) is 0 Å². The number of unbranched alkanes of at least 4 members (excludes halogenated alkanes) is 1. The molecule has 0 spiro atoms. The maximum atomic E-state index is 5.90. The molecule has 6 heteroatoms. The van der Waals surface area contributed by atoms with Crippen molar-refractivity contribution in [3.05, 3.63) is 66.2 Å². The van der Waals surface area contributed by atoms with Gasteiger partial charge in [0.2, 0.25) is 0 Å². The van der Waals surface area contributed by atoms with Crippen LogP contribution in [0.1, 0.15) is 25.3 Å². The number of ether oxygens (including phenoxy) is 3. The van der Waals surface area contributed by atoms with Gasteiger partial charge in [0.15, 0.2) is 17.1 Å². The highest BCUT2D eigenvalue weighted by molar-refractivity contribution is 6.07. The van der Waals surface area contributed by atoms with Crippen molar-refractivity contribution < 1.29 is 14.2 Å². The molecule has 0 saturated carbocycles. The molecule has 0 bridgehead atoms. The second kappa shape index (κ2) is 8.98. The van der Waals surface area contributed by atoms with Gasteiger partial charge in [-0.05, 0) is 54.4 Å². The normalized spacial score (nSPS) is 11.4. The molecule has 0 fully saturated rings. The summed E-state index contributed by atoms with van der Waals surface area (Å²) in [5, 5.41) is 1.02. The molecule has 168 valence electrons. The van der Waals surface area contributed by atoms with E-state index in [2.05, 4.69) is 23.6 Å². The summed E-state index contributed by atoms with van der Waals surface area (Å²) in [6.07, 6.45) is 2.11. The maximum Gasteiger partial charge on any atom is 0.161 e. The Balaban J connectivity index is 1.63. The Morgan fingerprint density at radius 3 is 2.42 bits per heavy atom. The molecule has 0 aliphatic rings. The molecule has 0 saturated heterocycles. The summed E-state index contributed by atoms with van der Waals surface area (Å²) >= 11 is 0. The first kappa shape index (κ1) is 21.1. The van der Waals surface area contributed by atoms with E-state index in [0.29, 0.717) is 13.2 Å². The smallest absolute Gasteiger partial charge is 0.161 e. The zero-order valence-corrected chi connectivity index (χ0v) is 19.2. The van der Waals surface area contributed by atoms with Crippen molar-refractivity contribution in [3.8, 4) is 17.2 Å². The highest BCUT2D eigenvalue weighted by atomic mass is 16.5. The first-order chi connectivity index (χ1) is 16.2. The van der Waals surface area contributed by atoms with Crippen LogP contribution in [0.3, 0.4) is 0 Å². The van der Waals surface area contributed by atoms with Crippen molar-refractivity contribution in [1.82, 2.24) is 14.5 Å². The summed E-state index contributed by atoms with van der Waals surface area (Å²) in [4.78, 5) is 9.93. The van der Waals surface area contributed by atoms with Crippen molar-refractivity contribution in [2.75, 3.05) is 20.8 Å². The number of fused-ring (bicyclic) bond motifs is 4. The summed E-state index contributed by atoms with van der Waals surface area (Å²) in [7, 11) is 3.36. The highest BCUT2D eigenvalue weighted by Gasteiger charge is 2.16. The zero-order valence-electron chi connectivity index (χ0n) is 19.2. The van der Waals surface area contributed by atoms with Gasteiger partial charge in [-0.1, -0.05) is 31.5 Å². The van der Waals surface area contributed by atoms with Gasteiger partial charge < -0.3 is 18.8 Å². The topological polar surface area (TPSA) is 58.4 Å². The molecule has 0 N–H and O–H groups in total. The summed E-state index contributed by atoms with van der Waals surface area (Å²) in [6.45, 7) is 3.46. The van der Waals surface area contributed by atoms with Gasteiger partial charge in [0.25, 0.3) is 0 Å². The minimum Gasteiger partial charge on any atom is -0.497 e. The number of hydrogen-bond donors (Lipinski definition) is 0. The molecule has 33 heavy (non-hydrogen) atoms. The fraction of sp³-hybridized carbons (Fsp3) is 0.259. The van der Waals surface area contributed by atoms with Gasteiger partial charge in [0, 0.05) is 11.9 Å². The molecule has 3 aromatic carbocycles. The number of hydrogen-bond acceptors (Lipinski definition) is 5. The fourth-order valence-corrected chi connectivity index (χ4v) is 4.14. The first-order valence-corrected chi connectivity index (χ1v) is 11.2. The van der Waals surface area contributed by atoms with Gasteiger partial charge in [0.1, 0.15) is 11.3 Å². The Labute approximate surface area is 192 Å². The van der Waals surface area contributed by atoms with E-state index < -0.39 is 0 Å².